The fraction of sp³-hybridized carbons (Fsp3) is 0.333. The van der Waals surface area contributed by atoms with E-state index in [1.807, 2.05) is 30.3 Å². The van der Waals surface area contributed by atoms with Crippen LogP contribution in [0.5, 0.6) is 11.6 Å². The van der Waals surface area contributed by atoms with Crippen LogP contribution in [-0.2, 0) is 18.0 Å². The van der Waals surface area contributed by atoms with Crippen molar-refractivity contribution in [2.75, 3.05) is 13.3 Å². The zero-order valence-electron chi connectivity index (χ0n) is 20.3. The van der Waals surface area contributed by atoms with Gasteiger partial charge in [-0.05, 0) is 66.3 Å². The molecule has 1 aromatic heterocycles. The van der Waals surface area contributed by atoms with Crippen molar-refractivity contribution in [3.05, 3.63) is 77.0 Å². The highest BCUT2D eigenvalue weighted by molar-refractivity contribution is 5.72. The number of aryl methyl sites for hydroxylation is 1. The highest BCUT2D eigenvalue weighted by Gasteiger charge is 2.20. The number of nitrogens with one attached hydrogen (secondary N) is 1. The van der Waals surface area contributed by atoms with E-state index in [1.165, 1.54) is 5.06 Å². The third-order valence-corrected chi connectivity index (χ3v) is 5.88. The molecule has 8 nitrogen and oxygen atoms in total. The van der Waals surface area contributed by atoms with Crippen LogP contribution in [0.3, 0.4) is 0 Å². The van der Waals surface area contributed by atoms with Gasteiger partial charge in [0.15, 0.2) is 0 Å². The molecule has 1 aliphatic heterocycles. The van der Waals surface area contributed by atoms with Gasteiger partial charge in [-0.3, -0.25) is 0 Å². The maximum atomic E-state index is 11.1. The normalized spacial score (nSPS) is 14.3. The minimum Gasteiger partial charge on any atom is -0.493 e. The first-order valence-corrected chi connectivity index (χ1v) is 11.7. The molecule has 1 fully saturated rings. The van der Waals surface area contributed by atoms with E-state index in [0.29, 0.717) is 38.7 Å². The van der Waals surface area contributed by atoms with Gasteiger partial charge in [0.25, 0.3) is 0 Å². The number of rotatable bonds is 10. The number of ether oxygens (including phenoxy) is 2. The second kappa shape index (κ2) is 11.2. The van der Waals surface area contributed by atoms with Gasteiger partial charge < -0.3 is 24.7 Å². The molecule has 0 radical (unpaired) electrons. The van der Waals surface area contributed by atoms with Crippen LogP contribution in [-0.4, -0.2) is 40.6 Å². The Bertz CT molecular complexity index is 1160. The average molecular weight is 478 g/mol. The van der Waals surface area contributed by atoms with Crippen LogP contribution in [0.25, 0.3) is 11.1 Å². The summed E-state index contributed by atoms with van der Waals surface area (Å²) in [5.41, 5.74) is 6.57. The lowest BCUT2D eigenvalue weighted by Crippen LogP contribution is -2.20. The van der Waals surface area contributed by atoms with Crippen molar-refractivity contribution in [2.24, 2.45) is 0 Å². The van der Waals surface area contributed by atoms with E-state index in [0.717, 1.165) is 39.1 Å². The maximum absolute atomic E-state index is 11.1. The molecule has 4 rings (SSSR count). The molecule has 2 N–H and O–H groups in total. The molecule has 1 aliphatic rings. The van der Waals surface area contributed by atoms with Gasteiger partial charge in [0.05, 0.1) is 19.3 Å². The Hall–Kier alpha value is -3.62. The zero-order chi connectivity index (χ0) is 24.8. The fourth-order valence-electron chi connectivity index (χ4n) is 3.87. The summed E-state index contributed by atoms with van der Waals surface area (Å²) in [5.74, 6) is 1.34. The Kier molecular flexibility index (Phi) is 7.84. The van der Waals surface area contributed by atoms with Gasteiger partial charge >= 0.3 is 6.09 Å². The number of aliphatic hydroxyl groups excluding tert-OH is 1. The molecular formula is C27H31N3O5. The zero-order valence-corrected chi connectivity index (χ0v) is 20.3. The monoisotopic (exact) mass is 477 g/mol. The van der Waals surface area contributed by atoms with Crippen molar-refractivity contribution >= 4 is 6.09 Å². The minimum atomic E-state index is -0.442. The third kappa shape index (κ3) is 6.49. The number of benzene rings is 2. The van der Waals surface area contributed by atoms with E-state index in [-0.39, 0.29) is 6.10 Å². The first-order valence-electron chi connectivity index (χ1n) is 11.7. The van der Waals surface area contributed by atoms with Gasteiger partial charge in [0, 0.05) is 18.7 Å². The molecule has 2 heterocycles. The molecule has 0 spiro atoms. The van der Waals surface area contributed by atoms with E-state index in [4.69, 9.17) is 14.3 Å². The van der Waals surface area contributed by atoms with Crippen LogP contribution in [0.15, 0.2) is 54.7 Å². The molecular weight excluding hydrogens is 446 g/mol. The maximum Gasteiger partial charge on any atom is 0.427 e. The largest absolute Gasteiger partial charge is 0.493 e. The van der Waals surface area contributed by atoms with E-state index in [9.17, 15) is 9.90 Å². The first-order chi connectivity index (χ1) is 16.9. The van der Waals surface area contributed by atoms with Crippen LogP contribution in [0.2, 0.25) is 0 Å². The molecule has 1 saturated heterocycles. The van der Waals surface area contributed by atoms with Gasteiger partial charge in [0.1, 0.15) is 19.0 Å². The number of hydrogen-bond donors (Lipinski definition) is 2. The average Bonchev–Trinajstić information content (AvgIpc) is 3.24. The van der Waals surface area contributed by atoms with Crippen LogP contribution in [0.4, 0.5) is 4.79 Å². The summed E-state index contributed by atoms with van der Waals surface area (Å²) < 4.78 is 11.7. The Morgan fingerprint density at radius 1 is 1.14 bits per heavy atom. The summed E-state index contributed by atoms with van der Waals surface area (Å²) in [5, 5.41) is 13.5. The van der Waals surface area contributed by atoms with E-state index in [1.54, 1.807) is 13.1 Å². The second-order valence-electron chi connectivity index (χ2n) is 8.70. The van der Waals surface area contributed by atoms with E-state index < -0.39 is 6.09 Å². The van der Waals surface area contributed by atoms with Gasteiger partial charge in [0.2, 0.25) is 5.88 Å². The first kappa shape index (κ1) is 24.5. The molecule has 184 valence electrons. The van der Waals surface area contributed by atoms with Crippen molar-refractivity contribution < 1.29 is 24.2 Å². The van der Waals surface area contributed by atoms with Crippen molar-refractivity contribution in [3.8, 4) is 22.8 Å². The second-order valence-corrected chi connectivity index (χ2v) is 8.70. The van der Waals surface area contributed by atoms with Crippen molar-refractivity contribution in [2.45, 2.75) is 46.4 Å². The van der Waals surface area contributed by atoms with Crippen LogP contribution < -0.4 is 14.8 Å². The summed E-state index contributed by atoms with van der Waals surface area (Å²) in [4.78, 5) is 20.5. The molecule has 1 atom stereocenters. The Balaban J connectivity index is 1.39. The summed E-state index contributed by atoms with van der Waals surface area (Å²) in [6.07, 6.45) is 1.51. The number of amides is 1. The quantitative estimate of drug-likeness (QED) is 0.444. The highest BCUT2D eigenvalue weighted by Crippen LogP contribution is 2.31. The Morgan fingerprint density at radius 2 is 2.00 bits per heavy atom. The number of pyridine rings is 1. The van der Waals surface area contributed by atoms with Crippen molar-refractivity contribution in [1.29, 1.82) is 0 Å². The molecule has 0 bridgehead atoms. The summed E-state index contributed by atoms with van der Waals surface area (Å²) in [6, 6.07) is 16.0. The lowest BCUT2D eigenvalue weighted by Gasteiger charge is -2.16. The number of aromatic nitrogens is 1. The topological polar surface area (TPSA) is 93.2 Å². The van der Waals surface area contributed by atoms with Crippen molar-refractivity contribution in [3.63, 3.8) is 0 Å². The van der Waals surface area contributed by atoms with Crippen molar-refractivity contribution in [1.82, 2.24) is 15.4 Å². The summed E-state index contributed by atoms with van der Waals surface area (Å²) in [6.45, 7) is 7.63. The molecule has 0 saturated carbocycles. The molecule has 35 heavy (non-hydrogen) atoms. The standard InChI is InChI=1S/C27H31N3O5/c1-18-13-23(33-12-11-19(2)31)8-9-24(18)25-6-4-5-22(20(25)3)16-34-26-10-7-21(14-28-26)15-30-17-29-27(32)35-30/h4-10,13-14,19,31H,11-12,15-17H2,1-3H3,(H,29,32)/t19-/m0/s1. The number of carbonyl (C=O) groups excluding carboxylic acids is 1. The van der Waals surface area contributed by atoms with Gasteiger partial charge in [-0.25, -0.2) is 9.78 Å². The number of hydroxylamine groups is 2. The Labute approximate surface area is 205 Å². The number of hydrogen-bond acceptors (Lipinski definition) is 7. The Morgan fingerprint density at radius 3 is 2.69 bits per heavy atom. The van der Waals surface area contributed by atoms with Gasteiger partial charge in [-0.1, -0.05) is 30.3 Å². The molecule has 0 unspecified atom stereocenters. The third-order valence-electron chi connectivity index (χ3n) is 5.88. The van der Waals surface area contributed by atoms with Crippen LogP contribution >= 0.6 is 0 Å². The van der Waals surface area contributed by atoms with Crippen LogP contribution in [0.1, 0.15) is 35.6 Å². The van der Waals surface area contributed by atoms with E-state index >= 15 is 0 Å². The number of nitrogens with zero attached hydrogens (tertiary/aromatic N) is 2. The molecule has 8 heteroatoms. The summed E-state index contributed by atoms with van der Waals surface area (Å²) in [7, 11) is 0. The highest BCUT2D eigenvalue weighted by atomic mass is 16.7. The minimum absolute atomic E-state index is 0.352. The number of aliphatic hydroxyl groups is 1. The van der Waals surface area contributed by atoms with Gasteiger partial charge in [-0.15, -0.1) is 5.06 Å². The molecule has 2 aromatic carbocycles. The number of carbonyl (C=O) groups is 1. The predicted octanol–water partition coefficient (Wildman–Crippen LogP) is 4.51. The van der Waals surface area contributed by atoms with Gasteiger partial charge in [-0.2, -0.15) is 0 Å². The lowest BCUT2D eigenvalue weighted by atomic mass is 9.94. The smallest absolute Gasteiger partial charge is 0.427 e. The summed E-state index contributed by atoms with van der Waals surface area (Å²) >= 11 is 0. The SMILES string of the molecule is Cc1cc(OCC[C@H](C)O)ccc1-c1cccc(COc2ccc(CN3CNC(=O)O3)cn2)c1C. The molecule has 1 amide bonds. The van der Waals surface area contributed by atoms with E-state index in [2.05, 4.69) is 42.3 Å². The predicted molar refractivity (Wildman–Crippen MR) is 132 cm³/mol. The lowest BCUT2D eigenvalue weighted by molar-refractivity contribution is -0.0694. The molecule has 3 aromatic rings. The van der Waals surface area contributed by atoms with Crippen LogP contribution in [0, 0.1) is 13.8 Å². The fourth-order valence-corrected chi connectivity index (χ4v) is 3.87. The molecule has 0 aliphatic carbocycles.